The minimum Gasteiger partial charge on any atom is -0.485 e. The maximum Gasteiger partial charge on any atom is 0.174 e. The van der Waals surface area contributed by atoms with Gasteiger partial charge in [-0.25, -0.2) is 4.39 Å². The Bertz CT molecular complexity index is 456. The lowest BCUT2D eigenvalue weighted by molar-refractivity contribution is 0.233. The maximum atomic E-state index is 12.9. The summed E-state index contributed by atoms with van der Waals surface area (Å²) in [5.74, 6) is 0.588. The van der Waals surface area contributed by atoms with Gasteiger partial charge in [-0.05, 0) is 18.2 Å². The molecule has 1 heterocycles. The zero-order valence-electron chi connectivity index (χ0n) is 8.39. The number of hydrogen-bond donors (Lipinski definition) is 1. The molecule has 84 valence electrons. The highest BCUT2D eigenvalue weighted by Crippen LogP contribution is 2.20. The van der Waals surface area contributed by atoms with Crippen molar-refractivity contribution in [1.29, 1.82) is 0 Å². The minimum absolute atomic E-state index is 0.193. The lowest BCUT2D eigenvalue weighted by Gasteiger charge is -2.08. The van der Waals surface area contributed by atoms with Crippen molar-refractivity contribution in [3.63, 3.8) is 0 Å². The quantitative estimate of drug-likeness (QED) is 0.859. The molecule has 0 aliphatic rings. The van der Waals surface area contributed by atoms with E-state index in [-0.39, 0.29) is 13.2 Å². The lowest BCUT2D eigenvalue weighted by Crippen LogP contribution is -1.98. The number of aromatic nitrogens is 1. The summed E-state index contributed by atoms with van der Waals surface area (Å²) in [4.78, 5) is 0. The van der Waals surface area contributed by atoms with E-state index in [0.29, 0.717) is 17.1 Å². The van der Waals surface area contributed by atoms with Crippen LogP contribution in [-0.2, 0) is 13.2 Å². The summed E-state index contributed by atoms with van der Waals surface area (Å²) >= 11 is 0. The number of halogens is 1. The Labute approximate surface area is 91.3 Å². The Kier molecular flexibility index (Phi) is 3.16. The first-order valence-electron chi connectivity index (χ1n) is 4.71. The molecule has 0 radical (unpaired) electrons. The molecule has 0 aliphatic carbocycles. The fourth-order valence-corrected chi connectivity index (χ4v) is 1.28. The van der Waals surface area contributed by atoms with E-state index in [9.17, 15) is 4.39 Å². The van der Waals surface area contributed by atoms with Gasteiger partial charge in [0, 0.05) is 11.6 Å². The number of aliphatic hydroxyl groups excluding tert-OH is 1. The highest BCUT2D eigenvalue weighted by molar-refractivity contribution is 5.33. The molecular weight excluding hydrogens is 213 g/mol. The fraction of sp³-hybridized carbons (Fsp3) is 0.182. The second-order valence-corrected chi connectivity index (χ2v) is 3.18. The van der Waals surface area contributed by atoms with Gasteiger partial charge < -0.3 is 14.4 Å². The largest absolute Gasteiger partial charge is 0.485 e. The van der Waals surface area contributed by atoms with E-state index in [2.05, 4.69) is 5.16 Å². The Morgan fingerprint density at radius 3 is 2.94 bits per heavy atom. The summed E-state index contributed by atoms with van der Waals surface area (Å²) in [5, 5.41) is 12.5. The minimum atomic E-state index is -0.406. The van der Waals surface area contributed by atoms with Crippen LogP contribution in [0.3, 0.4) is 0 Å². The number of aliphatic hydroxyl groups is 1. The third-order valence-corrected chi connectivity index (χ3v) is 2.05. The summed E-state index contributed by atoms with van der Waals surface area (Å²) in [5.41, 5.74) is 0.402. The van der Waals surface area contributed by atoms with Crippen LogP contribution in [0.2, 0.25) is 0 Å². The van der Waals surface area contributed by atoms with Crippen LogP contribution in [0.4, 0.5) is 4.39 Å². The van der Waals surface area contributed by atoms with Gasteiger partial charge in [0.15, 0.2) is 5.76 Å². The molecule has 0 aliphatic heterocycles. The third-order valence-electron chi connectivity index (χ3n) is 2.05. The Balaban J connectivity index is 2.09. The second kappa shape index (κ2) is 4.76. The smallest absolute Gasteiger partial charge is 0.174 e. The van der Waals surface area contributed by atoms with Gasteiger partial charge in [-0.1, -0.05) is 5.16 Å². The normalized spacial score (nSPS) is 10.4. The first kappa shape index (κ1) is 10.6. The van der Waals surface area contributed by atoms with Crippen LogP contribution < -0.4 is 4.74 Å². The molecule has 2 rings (SSSR count). The zero-order valence-corrected chi connectivity index (χ0v) is 8.39. The van der Waals surface area contributed by atoms with E-state index >= 15 is 0 Å². The zero-order chi connectivity index (χ0) is 11.4. The molecule has 1 N–H and O–H groups in total. The van der Waals surface area contributed by atoms with Crippen LogP contribution in [0.1, 0.15) is 11.3 Å². The van der Waals surface area contributed by atoms with Crippen molar-refractivity contribution in [2.24, 2.45) is 0 Å². The molecule has 16 heavy (non-hydrogen) atoms. The predicted octanol–water partition coefficient (Wildman–Crippen LogP) is 1.88. The van der Waals surface area contributed by atoms with Gasteiger partial charge >= 0.3 is 0 Å². The van der Waals surface area contributed by atoms with Crippen molar-refractivity contribution >= 4 is 0 Å². The van der Waals surface area contributed by atoms with Crippen LogP contribution in [0.5, 0.6) is 5.75 Å². The lowest BCUT2D eigenvalue weighted by atomic mass is 10.2. The molecule has 0 unspecified atom stereocenters. The molecule has 0 fully saturated rings. The van der Waals surface area contributed by atoms with E-state index < -0.39 is 5.82 Å². The molecule has 0 saturated heterocycles. The summed E-state index contributed by atoms with van der Waals surface area (Å²) in [6.45, 7) is -0.0812. The molecule has 1 aromatic heterocycles. The van der Waals surface area contributed by atoms with E-state index in [0.717, 1.165) is 0 Å². The van der Waals surface area contributed by atoms with Crippen LogP contribution in [0.15, 0.2) is 35.0 Å². The summed E-state index contributed by atoms with van der Waals surface area (Å²) in [6.07, 6.45) is 1.51. The average Bonchev–Trinajstić information content (AvgIpc) is 2.80. The highest BCUT2D eigenvalue weighted by Gasteiger charge is 2.06. The van der Waals surface area contributed by atoms with Gasteiger partial charge in [0.25, 0.3) is 0 Å². The van der Waals surface area contributed by atoms with Crippen LogP contribution in [0, 0.1) is 5.82 Å². The number of nitrogens with zero attached hydrogens (tertiary/aromatic N) is 1. The van der Waals surface area contributed by atoms with Gasteiger partial charge in [-0.3, -0.25) is 0 Å². The van der Waals surface area contributed by atoms with Gasteiger partial charge in [-0.2, -0.15) is 0 Å². The first-order chi connectivity index (χ1) is 7.79. The highest BCUT2D eigenvalue weighted by atomic mass is 19.1. The summed E-state index contributed by atoms with van der Waals surface area (Å²) in [6, 6.07) is 5.64. The Hall–Kier alpha value is -1.88. The van der Waals surface area contributed by atoms with Gasteiger partial charge in [0.2, 0.25) is 0 Å². The average molecular weight is 223 g/mol. The standard InChI is InChI=1S/C11H10FNO3/c12-9-1-2-11(8(5-9)6-14)15-7-10-3-4-13-16-10/h1-5,14H,6-7H2. The van der Waals surface area contributed by atoms with Crippen molar-refractivity contribution in [3.8, 4) is 5.75 Å². The molecule has 1 aromatic carbocycles. The predicted molar refractivity (Wildman–Crippen MR) is 53.2 cm³/mol. The number of rotatable bonds is 4. The van der Waals surface area contributed by atoms with Gasteiger partial charge in [-0.15, -0.1) is 0 Å². The molecule has 0 spiro atoms. The topological polar surface area (TPSA) is 55.5 Å². The third kappa shape index (κ3) is 2.38. The summed E-state index contributed by atoms with van der Waals surface area (Å²) in [7, 11) is 0. The Morgan fingerprint density at radius 1 is 1.38 bits per heavy atom. The van der Waals surface area contributed by atoms with E-state index in [1.165, 1.54) is 24.4 Å². The number of benzene rings is 1. The van der Waals surface area contributed by atoms with Gasteiger partial charge in [0.05, 0.1) is 12.8 Å². The van der Waals surface area contributed by atoms with Crippen LogP contribution >= 0.6 is 0 Å². The molecule has 4 nitrogen and oxygen atoms in total. The van der Waals surface area contributed by atoms with E-state index in [1.54, 1.807) is 6.07 Å². The van der Waals surface area contributed by atoms with E-state index in [1.807, 2.05) is 0 Å². The second-order valence-electron chi connectivity index (χ2n) is 3.18. The molecule has 2 aromatic rings. The Morgan fingerprint density at radius 2 is 2.25 bits per heavy atom. The van der Waals surface area contributed by atoms with Gasteiger partial charge in [0.1, 0.15) is 18.2 Å². The molecule has 5 heteroatoms. The fourth-order valence-electron chi connectivity index (χ4n) is 1.28. The van der Waals surface area contributed by atoms with Crippen molar-refractivity contribution in [2.45, 2.75) is 13.2 Å². The maximum absolute atomic E-state index is 12.9. The molecule has 0 saturated carbocycles. The molecular formula is C11H10FNO3. The molecule has 0 amide bonds. The summed E-state index contributed by atoms with van der Waals surface area (Å²) < 4.78 is 23.1. The van der Waals surface area contributed by atoms with Crippen molar-refractivity contribution in [1.82, 2.24) is 5.16 Å². The van der Waals surface area contributed by atoms with Crippen LogP contribution in [0.25, 0.3) is 0 Å². The van der Waals surface area contributed by atoms with Crippen molar-refractivity contribution in [2.75, 3.05) is 0 Å². The molecule has 0 bridgehead atoms. The monoisotopic (exact) mass is 223 g/mol. The number of hydrogen-bond acceptors (Lipinski definition) is 4. The first-order valence-corrected chi connectivity index (χ1v) is 4.71. The van der Waals surface area contributed by atoms with Crippen molar-refractivity contribution < 1.29 is 18.8 Å². The number of ether oxygens (including phenoxy) is 1. The van der Waals surface area contributed by atoms with Crippen LogP contribution in [-0.4, -0.2) is 10.3 Å². The van der Waals surface area contributed by atoms with E-state index in [4.69, 9.17) is 14.4 Å². The van der Waals surface area contributed by atoms with Crippen molar-refractivity contribution in [3.05, 3.63) is 47.6 Å². The SMILES string of the molecule is OCc1cc(F)ccc1OCc1ccno1. The molecule has 0 atom stereocenters.